The fourth-order valence-corrected chi connectivity index (χ4v) is 1.94. The molecule has 0 spiro atoms. The Balaban J connectivity index is 2.61. The van der Waals surface area contributed by atoms with Gasteiger partial charge in [0.25, 0.3) is 0 Å². The van der Waals surface area contributed by atoms with E-state index in [1.807, 2.05) is 45.2 Å². The minimum Gasteiger partial charge on any atom is -0.496 e. The number of para-hydroxylation sites is 1. The van der Waals surface area contributed by atoms with Gasteiger partial charge in [0.1, 0.15) is 5.75 Å². The SMILES string of the molecule is CNc1nnc(-c2ccccc2OC)c(C)c1C. The predicted octanol–water partition coefficient (Wildman–Crippen LogP) is 2.81. The van der Waals surface area contributed by atoms with Gasteiger partial charge in [0.2, 0.25) is 0 Å². The van der Waals surface area contributed by atoms with Crippen LogP contribution in [0.1, 0.15) is 11.1 Å². The molecular weight excluding hydrogens is 226 g/mol. The first-order valence-corrected chi connectivity index (χ1v) is 5.84. The number of benzene rings is 1. The summed E-state index contributed by atoms with van der Waals surface area (Å²) in [6, 6.07) is 7.84. The van der Waals surface area contributed by atoms with Crippen molar-refractivity contribution in [1.29, 1.82) is 0 Å². The Morgan fingerprint density at radius 3 is 2.44 bits per heavy atom. The molecule has 0 unspecified atom stereocenters. The second-order valence-corrected chi connectivity index (χ2v) is 4.10. The van der Waals surface area contributed by atoms with E-state index in [0.29, 0.717) is 0 Å². The molecule has 94 valence electrons. The highest BCUT2D eigenvalue weighted by Crippen LogP contribution is 2.32. The van der Waals surface area contributed by atoms with Crippen molar-refractivity contribution in [3.63, 3.8) is 0 Å². The number of methoxy groups -OCH3 is 1. The van der Waals surface area contributed by atoms with Crippen molar-refractivity contribution >= 4 is 5.82 Å². The Kier molecular flexibility index (Phi) is 3.46. The molecular formula is C14H17N3O. The lowest BCUT2D eigenvalue weighted by Gasteiger charge is -2.13. The minimum absolute atomic E-state index is 0.811. The number of ether oxygens (including phenoxy) is 1. The second-order valence-electron chi connectivity index (χ2n) is 4.10. The van der Waals surface area contributed by atoms with E-state index < -0.39 is 0 Å². The molecule has 1 aromatic heterocycles. The lowest BCUT2D eigenvalue weighted by molar-refractivity contribution is 0.416. The molecule has 18 heavy (non-hydrogen) atoms. The highest BCUT2D eigenvalue weighted by molar-refractivity contribution is 5.71. The summed E-state index contributed by atoms with van der Waals surface area (Å²) in [7, 11) is 3.51. The number of rotatable bonds is 3. The molecule has 0 bridgehead atoms. The van der Waals surface area contributed by atoms with Crippen LogP contribution in [-0.2, 0) is 0 Å². The van der Waals surface area contributed by atoms with E-state index >= 15 is 0 Å². The standard InChI is InChI=1S/C14H17N3O/c1-9-10(2)14(15-3)17-16-13(9)11-7-5-6-8-12(11)18-4/h5-8H,1-4H3,(H,15,17). The van der Waals surface area contributed by atoms with E-state index in [1.54, 1.807) is 7.11 Å². The van der Waals surface area contributed by atoms with Crippen LogP contribution in [0.4, 0.5) is 5.82 Å². The van der Waals surface area contributed by atoms with Crippen LogP contribution in [0.2, 0.25) is 0 Å². The molecule has 1 aromatic carbocycles. The van der Waals surface area contributed by atoms with Crippen LogP contribution in [-0.4, -0.2) is 24.4 Å². The van der Waals surface area contributed by atoms with Crippen molar-refractivity contribution in [2.75, 3.05) is 19.5 Å². The van der Waals surface area contributed by atoms with Gasteiger partial charge in [0.15, 0.2) is 5.82 Å². The van der Waals surface area contributed by atoms with Gasteiger partial charge in [-0.05, 0) is 37.1 Å². The minimum atomic E-state index is 0.811. The van der Waals surface area contributed by atoms with Crippen LogP contribution < -0.4 is 10.1 Å². The molecule has 0 saturated carbocycles. The summed E-state index contributed by atoms with van der Waals surface area (Å²) in [5.41, 5.74) is 4.05. The molecule has 0 aliphatic rings. The van der Waals surface area contributed by atoms with Crippen molar-refractivity contribution in [2.24, 2.45) is 0 Å². The summed E-state index contributed by atoms with van der Waals surface area (Å²) in [6.45, 7) is 4.08. The van der Waals surface area contributed by atoms with Gasteiger partial charge < -0.3 is 10.1 Å². The summed E-state index contributed by atoms with van der Waals surface area (Å²) in [4.78, 5) is 0. The van der Waals surface area contributed by atoms with Crippen molar-refractivity contribution in [3.8, 4) is 17.0 Å². The molecule has 2 aromatic rings. The number of aromatic nitrogens is 2. The normalized spacial score (nSPS) is 10.2. The lowest BCUT2D eigenvalue weighted by Crippen LogP contribution is -2.03. The predicted molar refractivity (Wildman–Crippen MR) is 73.0 cm³/mol. The molecule has 0 amide bonds. The zero-order valence-corrected chi connectivity index (χ0v) is 11.1. The zero-order chi connectivity index (χ0) is 13.1. The smallest absolute Gasteiger partial charge is 0.151 e. The van der Waals surface area contributed by atoms with E-state index in [0.717, 1.165) is 34.0 Å². The van der Waals surface area contributed by atoms with Gasteiger partial charge in [-0.3, -0.25) is 0 Å². The molecule has 1 heterocycles. The van der Waals surface area contributed by atoms with Gasteiger partial charge in [-0.1, -0.05) is 12.1 Å². The third-order valence-electron chi connectivity index (χ3n) is 3.12. The van der Waals surface area contributed by atoms with E-state index in [9.17, 15) is 0 Å². The number of hydrogen-bond donors (Lipinski definition) is 1. The maximum absolute atomic E-state index is 5.37. The average molecular weight is 243 g/mol. The molecule has 0 radical (unpaired) electrons. The van der Waals surface area contributed by atoms with Crippen LogP contribution in [0, 0.1) is 13.8 Å². The van der Waals surface area contributed by atoms with Gasteiger partial charge in [-0.15, -0.1) is 10.2 Å². The summed E-state index contributed by atoms with van der Waals surface area (Å²) in [6.07, 6.45) is 0. The Hall–Kier alpha value is -2.10. The second kappa shape index (κ2) is 5.04. The number of hydrogen-bond acceptors (Lipinski definition) is 4. The first kappa shape index (κ1) is 12.4. The zero-order valence-electron chi connectivity index (χ0n) is 11.1. The highest BCUT2D eigenvalue weighted by atomic mass is 16.5. The van der Waals surface area contributed by atoms with Crippen LogP contribution >= 0.6 is 0 Å². The topological polar surface area (TPSA) is 47.0 Å². The molecule has 1 N–H and O–H groups in total. The summed E-state index contributed by atoms with van der Waals surface area (Å²) in [5, 5.41) is 11.5. The molecule has 0 aliphatic carbocycles. The molecule has 0 atom stereocenters. The fourth-order valence-electron chi connectivity index (χ4n) is 1.94. The van der Waals surface area contributed by atoms with Gasteiger partial charge in [0, 0.05) is 12.6 Å². The largest absolute Gasteiger partial charge is 0.496 e. The number of anilines is 1. The van der Waals surface area contributed by atoms with Gasteiger partial charge in [-0.25, -0.2) is 0 Å². The van der Waals surface area contributed by atoms with E-state index in [-0.39, 0.29) is 0 Å². The summed E-state index contributed by atoms with van der Waals surface area (Å²) >= 11 is 0. The van der Waals surface area contributed by atoms with Crippen LogP contribution in [0.3, 0.4) is 0 Å². The van der Waals surface area contributed by atoms with Crippen LogP contribution in [0.15, 0.2) is 24.3 Å². The lowest BCUT2D eigenvalue weighted by atomic mass is 10.0. The van der Waals surface area contributed by atoms with Crippen molar-refractivity contribution < 1.29 is 4.74 Å². The Morgan fingerprint density at radius 2 is 1.78 bits per heavy atom. The van der Waals surface area contributed by atoms with Crippen molar-refractivity contribution in [3.05, 3.63) is 35.4 Å². The Labute approximate surface area is 107 Å². The van der Waals surface area contributed by atoms with Crippen molar-refractivity contribution in [2.45, 2.75) is 13.8 Å². The van der Waals surface area contributed by atoms with Crippen molar-refractivity contribution in [1.82, 2.24) is 10.2 Å². The Morgan fingerprint density at radius 1 is 1.06 bits per heavy atom. The van der Waals surface area contributed by atoms with Crippen LogP contribution in [0.25, 0.3) is 11.3 Å². The third-order valence-corrected chi connectivity index (χ3v) is 3.12. The number of nitrogens with one attached hydrogen (secondary N) is 1. The average Bonchev–Trinajstić information content (AvgIpc) is 2.42. The monoisotopic (exact) mass is 243 g/mol. The molecule has 0 fully saturated rings. The highest BCUT2D eigenvalue weighted by Gasteiger charge is 2.13. The van der Waals surface area contributed by atoms with Gasteiger partial charge in [0.05, 0.1) is 12.8 Å². The number of nitrogens with zero attached hydrogens (tertiary/aromatic N) is 2. The molecule has 0 aliphatic heterocycles. The molecule has 4 heteroatoms. The maximum atomic E-state index is 5.37. The quantitative estimate of drug-likeness (QED) is 0.900. The molecule has 4 nitrogen and oxygen atoms in total. The maximum Gasteiger partial charge on any atom is 0.151 e. The first-order chi connectivity index (χ1) is 8.69. The summed E-state index contributed by atoms with van der Waals surface area (Å²) in [5.74, 6) is 1.62. The Bertz CT molecular complexity index is 567. The fraction of sp³-hybridized carbons (Fsp3) is 0.286. The van der Waals surface area contributed by atoms with Gasteiger partial charge in [-0.2, -0.15) is 0 Å². The summed E-state index contributed by atoms with van der Waals surface area (Å²) < 4.78 is 5.37. The van der Waals surface area contributed by atoms with E-state index in [2.05, 4.69) is 15.5 Å². The third kappa shape index (κ3) is 2.01. The van der Waals surface area contributed by atoms with Gasteiger partial charge >= 0.3 is 0 Å². The van der Waals surface area contributed by atoms with Crippen LogP contribution in [0.5, 0.6) is 5.75 Å². The molecule has 2 rings (SSSR count). The van der Waals surface area contributed by atoms with E-state index in [1.165, 1.54) is 0 Å². The first-order valence-electron chi connectivity index (χ1n) is 5.84. The van der Waals surface area contributed by atoms with E-state index in [4.69, 9.17) is 4.74 Å². The molecule has 0 saturated heterocycles.